The Morgan fingerprint density at radius 3 is 2.67 bits per heavy atom. The number of pyridine rings is 1. The number of hydrogen-bond acceptors (Lipinski definition) is 2. The van der Waals surface area contributed by atoms with Crippen molar-refractivity contribution >= 4 is 27.5 Å². The van der Waals surface area contributed by atoms with Crippen molar-refractivity contribution in [3.63, 3.8) is 0 Å². The van der Waals surface area contributed by atoms with E-state index in [0.717, 1.165) is 6.07 Å². The molecule has 0 fully saturated rings. The summed E-state index contributed by atoms with van der Waals surface area (Å²) in [6.07, 6.45) is 1.40. The van der Waals surface area contributed by atoms with Gasteiger partial charge in [-0.25, -0.2) is 13.8 Å². The Morgan fingerprint density at radius 1 is 1.22 bits per heavy atom. The van der Waals surface area contributed by atoms with Crippen molar-refractivity contribution in [3.05, 3.63) is 58.3 Å². The van der Waals surface area contributed by atoms with Crippen molar-refractivity contribution in [2.24, 2.45) is 0 Å². The number of rotatable bonds is 2. The summed E-state index contributed by atoms with van der Waals surface area (Å²) in [6, 6.07) is 6.64. The quantitative estimate of drug-likeness (QED) is 0.864. The molecule has 0 radical (unpaired) electrons. The van der Waals surface area contributed by atoms with E-state index in [2.05, 4.69) is 26.2 Å². The number of carbonyl (C=O) groups is 1. The zero-order valence-corrected chi connectivity index (χ0v) is 10.5. The Morgan fingerprint density at radius 2 is 2.00 bits per heavy atom. The second kappa shape index (κ2) is 5.22. The van der Waals surface area contributed by atoms with Gasteiger partial charge in [0.2, 0.25) is 0 Å². The van der Waals surface area contributed by atoms with Crippen LogP contribution in [0.2, 0.25) is 0 Å². The molecule has 0 aliphatic rings. The molecule has 2 aromatic rings. The largest absolute Gasteiger partial charge is 0.320 e. The van der Waals surface area contributed by atoms with Gasteiger partial charge in [-0.1, -0.05) is 6.07 Å². The van der Waals surface area contributed by atoms with Crippen LogP contribution in [-0.4, -0.2) is 10.9 Å². The average molecular weight is 313 g/mol. The highest BCUT2D eigenvalue weighted by atomic mass is 79.9. The van der Waals surface area contributed by atoms with Crippen LogP contribution in [0.15, 0.2) is 41.1 Å². The second-order valence-corrected chi connectivity index (χ2v) is 4.24. The maximum Gasteiger partial charge on any atom is 0.258 e. The van der Waals surface area contributed by atoms with Gasteiger partial charge in [0.25, 0.3) is 5.91 Å². The minimum atomic E-state index is -1.17. The van der Waals surface area contributed by atoms with Crippen LogP contribution in [0.25, 0.3) is 0 Å². The first-order chi connectivity index (χ1) is 8.58. The van der Waals surface area contributed by atoms with Crippen molar-refractivity contribution < 1.29 is 13.6 Å². The van der Waals surface area contributed by atoms with Gasteiger partial charge in [-0.2, -0.15) is 0 Å². The molecule has 18 heavy (non-hydrogen) atoms. The van der Waals surface area contributed by atoms with E-state index in [9.17, 15) is 13.6 Å². The highest BCUT2D eigenvalue weighted by molar-refractivity contribution is 9.10. The minimum Gasteiger partial charge on any atom is -0.320 e. The molecular weight excluding hydrogens is 306 g/mol. The van der Waals surface area contributed by atoms with Crippen LogP contribution >= 0.6 is 15.9 Å². The van der Waals surface area contributed by atoms with Crippen LogP contribution in [0.3, 0.4) is 0 Å². The summed E-state index contributed by atoms with van der Waals surface area (Å²) in [5, 5.41) is 2.42. The zero-order valence-electron chi connectivity index (χ0n) is 8.95. The molecule has 1 amide bonds. The smallest absolute Gasteiger partial charge is 0.258 e. The van der Waals surface area contributed by atoms with E-state index < -0.39 is 17.5 Å². The number of nitrogens with zero attached hydrogens (tertiary/aromatic N) is 1. The van der Waals surface area contributed by atoms with Crippen LogP contribution < -0.4 is 5.32 Å². The lowest BCUT2D eigenvalue weighted by Gasteiger charge is -2.06. The number of nitrogens with one attached hydrogen (secondary N) is 1. The average Bonchev–Trinajstić information content (AvgIpc) is 2.35. The van der Waals surface area contributed by atoms with Gasteiger partial charge >= 0.3 is 0 Å². The molecule has 0 atom stereocenters. The number of anilines is 1. The van der Waals surface area contributed by atoms with Gasteiger partial charge in [0.05, 0.1) is 17.4 Å². The van der Waals surface area contributed by atoms with Gasteiger partial charge in [0.1, 0.15) is 4.60 Å². The fourth-order valence-corrected chi connectivity index (χ4v) is 1.56. The van der Waals surface area contributed by atoms with Gasteiger partial charge in [0.15, 0.2) is 11.6 Å². The van der Waals surface area contributed by atoms with Gasteiger partial charge < -0.3 is 5.32 Å². The van der Waals surface area contributed by atoms with Crippen LogP contribution in [0.5, 0.6) is 0 Å². The standard InChI is InChI=1S/C12H7BrF2N2O/c13-10-5-4-7(6-16-10)17-12(18)8-2-1-3-9(14)11(8)15/h1-6H,(H,17,18). The van der Waals surface area contributed by atoms with Gasteiger partial charge in [0, 0.05) is 0 Å². The fourth-order valence-electron chi connectivity index (χ4n) is 1.33. The van der Waals surface area contributed by atoms with Gasteiger partial charge in [-0.15, -0.1) is 0 Å². The van der Waals surface area contributed by atoms with Crippen molar-refractivity contribution in [1.29, 1.82) is 0 Å². The molecule has 1 aromatic carbocycles. The predicted octanol–water partition coefficient (Wildman–Crippen LogP) is 3.37. The third-order valence-electron chi connectivity index (χ3n) is 2.18. The maximum absolute atomic E-state index is 13.4. The normalized spacial score (nSPS) is 10.2. The van der Waals surface area contributed by atoms with E-state index in [0.29, 0.717) is 10.3 Å². The van der Waals surface area contributed by atoms with Gasteiger partial charge in [-0.3, -0.25) is 4.79 Å². The lowest BCUT2D eigenvalue weighted by atomic mass is 10.2. The molecule has 3 nitrogen and oxygen atoms in total. The lowest BCUT2D eigenvalue weighted by Crippen LogP contribution is -2.14. The number of hydrogen-bond donors (Lipinski definition) is 1. The van der Waals surface area contributed by atoms with Crippen LogP contribution in [0.1, 0.15) is 10.4 Å². The van der Waals surface area contributed by atoms with Crippen molar-refractivity contribution in [2.45, 2.75) is 0 Å². The van der Waals surface area contributed by atoms with Crippen LogP contribution in [-0.2, 0) is 0 Å². The molecule has 1 aromatic heterocycles. The molecule has 0 saturated heterocycles. The SMILES string of the molecule is O=C(Nc1ccc(Br)nc1)c1cccc(F)c1F. The zero-order chi connectivity index (χ0) is 13.1. The molecule has 92 valence electrons. The Hall–Kier alpha value is -1.82. The fraction of sp³-hybridized carbons (Fsp3) is 0. The van der Waals surface area contributed by atoms with E-state index in [-0.39, 0.29) is 5.56 Å². The van der Waals surface area contributed by atoms with Crippen LogP contribution in [0.4, 0.5) is 14.5 Å². The number of amides is 1. The Kier molecular flexibility index (Phi) is 3.66. The van der Waals surface area contributed by atoms with Crippen molar-refractivity contribution in [1.82, 2.24) is 4.98 Å². The van der Waals surface area contributed by atoms with E-state index in [1.165, 1.54) is 18.3 Å². The van der Waals surface area contributed by atoms with E-state index >= 15 is 0 Å². The molecule has 0 aliphatic carbocycles. The summed E-state index contributed by atoms with van der Waals surface area (Å²) in [6.45, 7) is 0. The summed E-state index contributed by atoms with van der Waals surface area (Å²) in [5.74, 6) is -2.95. The summed E-state index contributed by atoms with van der Waals surface area (Å²) in [5.41, 5.74) is 0.0461. The first kappa shape index (κ1) is 12.6. The first-order valence-corrected chi connectivity index (χ1v) is 5.74. The van der Waals surface area contributed by atoms with E-state index in [1.807, 2.05) is 0 Å². The number of carbonyl (C=O) groups excluding carboxylic acids is 1. The lowest BCUT2D eigenvalue weighted by molar-refractivity contribution is 0.102. The number of aromatic nitrogens is 1. The third-order valence-corrected chi connectivity index (χ3v) is 2.65. The summed E-state index contributed by atoms with van der Waals surface area (Å²) < 4.78 is 26.9. The molecule has 0 unspecified atom stereocenters. The molecule has 1 N–H and O–H groups in total. The molecule has 0 aliphatic heterocycles. The van der Waals surface area contributed by atoms with Crippen molar-refractivity contribution in [3.8, 4) is 0 Å². The highest BCUT2D eigenvalue weighted by Crippen LogP contribution is 2.15. The highest BCUT2D eigenvalue weighted by Gasteiger charge is 2.15. The molecule has 1 heterocycles. The van der Waals surface area contributed by atoms with Crippen LogP contribution in [0, 0.1) is 11.6 Å². The number of halogens is 3. The topological polar surface area (TPSA) is 42.0 Å². The minimum absolute atomic E-state index is 0.349. The predicted molar refractivity (Wildman–Crippen MR) is 66.2 cm³/mol. The monoisotopic (exact) mass is 312 g/mol. The molecule has 6 heteroatoms. The maximum atomic E-state index is 13.4. The summed E-state index contributed by atoms with van der Waals surface area (Å²) in [4.78, 5) is 15.6. The van der Waals surface area contributed by atoms with E-state index in [1.54, 1.807) is 12.1 Å². The Bertz CT molecular complexity index is 587. The Balaban J connectivity index is 2.22. The molecule has 0 bridgehead atoms. The first-order valence-electron chi connectivity index (χ1n) is 4.95. The summed E-state index contributed by atoms with van der Waals surface area (Å²) >= 11 is 3.14. The molecule has 2 rings (SSSR count). The molecule has 0 spiro atoms. The number of benzene rings is 1. The summed E-state index contributed by atoms with van der Waals surface area (Å²) in [7, 11) is 0. The van der Waals surface area contributed by atoms with E-state index in [4.69, 9.17) is 0 Å². The van der Waals surface area contributed by atoms with Gasteiger partial charge in [-0.05, 0) is 40.2 Å². The molecule has 0 saturated carbocycles. The second-order valence-electron chi connectivity index (χ2n) is 3.43. The molecular formula is C12H7BrF2N2O. The van der Waals surface area contributed by atoms with Crippen molar-refractivity contribution in [2.75, 3.05) is 5.32 Å². The Labute approximate surface area is 110 Å². The third kappa shape index (κ3) is 2.70.